The lowest BCUT2D eigenvalue weighted by Gasteiger charge is -2.11. The lowest BCUT2D eigenvalue weighted by atomic mass is 10.0. The molecule has 0 aliphatic carbocycles. The van der Waals surface area contributed by atoms with Crippen molar-refractivity contribution >= 4 is 0 Å². The molecule has 0 aliphatic rings. The van der Waals surface area contributed by atoms with Gasteiger partial charge in [-0.25, -0.2) is 0 Å². The smallest absolute Gasteiger partial charge is 0.0596 e. The molecule has 0 saturated carbocycles. The second-order valence-electron chi connectivity index (χ2n) is 4.76. The average molecular weight is 244 g/mol. The number of rotatable bonds is 5. The zero-order valence-corrected chi connectivity index (χ0v) is 11.0. The number of hydrogen-bond acceptors (Lipinski definition) is 3. The third-order valence-corrected chi connectivity index (χ3v) is 3.10. The van der Waals surface area contributed by atoms with Gasteiger partial charge in [0.25, 0.3) is 0 Å². The molecule has 2 heterocycles. The van der Waals surface area contributed by atoms with E-state index < -0.39 is 0 Å². The van der Waals surface area contributed by atoms with Gasteiger partial charge in [0.1, 0.15) is 0 Å². The predicted molar refractivity (Wildman–Crippen MR) is 72.2 cm³/mol. The van der Waals surface area contributed by atoms with E-state index in [1.165, 1.54) is 11.3 Å². The molecule has 0 aliphatic heterocycles. The van der Waals surface area contributed by atoms with E-state index in [1.807, 2.05) is 30.9 Å². The minimum atomic E-state index is 0.167. The van der Waals surface area contributed by atoms with E-state index in [1.54, 1.807) is 6.20 Å². The van der Waals surface area contributed by atoms with Gasteiger partial charge in [0.05, 0.1) is 5.69 Å². The minimum Gasteiger partial charge on any atom is -0.327 e. The van der Waals surface area contributed by atoms with Crippen LogP contribution < -0.4 is 5.73 Å². The summed E-state index contributed by atoms with van der Waals surface area (Å²) in [6, 6.07) is 6.32. The van der Waals surface area contributed by atoms with E-state index in [0.717, 1.165) is 25.0 Å². The SMILES string of the molecule is Cc1cc(CC(N)CCc2cccnc2)n(C)n1. The first-order valence-corrected chi connectivity index (χ1v) is 6.29. The van der Waals surface area contributed by atoms with Crippen molar-refractivity contribution in [1.82, 2.24) is 14.8 Å². The van der Waals surface area contributed by atoms with Crippen LogP contribution in [0.5, 0.6) is 0 Å². The summed E-state index contributed by atoms with van der Waals surface area (Å²) < 4.78 is 1.92. The second-order valence-corrected chi connectivity index (χ2v) is 4.76. The molecule has 18 heavy (non-hydrogen) atoms. The highest BCUT2D eigenvalue weighted by Gasteiger charge is 2.08. The predicted octanol–water partition coefficient (Wildman–Crippen LogP) is 1.63. The number of aromatic nitrogens is 3. The molecule has 0 aromatic carbocycles. The standard InChI is InChI=1S/C14H20N4/c1-11-8-14(18(2)17-11)9-13(15)6-5-12-4-3-7-16-10-12/h3-4,7-8,10,13H,5-6,9,15H2,1-2H3. The maximum Gasteiger partial charge on any atom is 0.0596 e. The number of nitrogens with two attached hydrogens (primary N) is 1. The summed E-state index contributed by atoms with van der Waals surface area (Å²) in [6.45, 7) is 2.00. The van der Waals surface area contributed by atoms with Crippen LogP contribution in [0.15, 0.2) is 30.6 Å². The molecule has 1 atom stereocenters. The maximum atomic E-state index is 6.17. The molecule has 0 fully saturated rings. The first kappa shape index (κ1) is 12.8. The van der Waals surface area contributed by atoms with Crippen LogP contribution in [0, 0.1) is 6.92 Å². The van der Waals surface area contributed by atoms with Gasteiger partial charge in [-0.3, -0.25) is 9.67 Å². The van der Waals surface area contributed by atoms with Crippen molar-refractivity contribution in [1.29, 1.82) is 0 Å². The van der Waals surface area contributed by atoms with E-state index in [-0.39, 0.29) is 6.04 Å². The Morgan fingerprint density at radius 3 is 2.89 bits per heavy atom. The molecule has 2 aromatic heterocycles. The van der Waals surface area contributed by atoms with Gasteiger partial charge in [-0.05, 0) is 37.5 Å². The Bertz CT molecular complexity index is 490. The molecule has 0 spiro atoms. The van der Waals surface area contributed by atoms with Crippen LogP contribution in [-0.4, -0.2) is 20.8 Å². The second kappa shape index (κ2) is 5.78. The topological polar surface area (TPSA) is 56.7 Å². The van der Waals surface area contributed by atoms with Crippen LogP contribution in [0.4, 0.5) is 0 Å². The molecule has 96 valence electrons. The monoisotopic (exact) mass is 244 g/mol. The molecule has 2 aromatic rings. The summed E-state index contributed by atoms with van der Waals surface area (Å²) >= 11 is 0. The summed E-state index contributed by atoms with van der Waals surface area (Å²) in [4.78, 5) is 4.11. The van der Waals surface area contributed by atoms with Gasteiger partial charge >= 0.3 is 0 Å². The summed E-state index contributed by atoms with van der Waals surface area (Å²) in [7, 11) is 1.97. The van der Waals surface area contributed by atoms with Gasteiger partial charge in [-0.1, -0.05) is 6.07 Å². The highest BCUT2D eigenvalue weighted by Crippen LogP contribution is 2.09. The van der Waals surface area contributed by atoms with Gasteiger partial charge in [0.2, 0.25) is 0 Å². The molecule has 0 saturated heterocycles. The molecule has 4 nitrogen and oxygen atoms in total. The Morgan fingerprint density at radius 2 is 2.28 bits per heavy atom. The summed E-state index contributed by atoms with van der Waals surface area (Å²) in [5.41, 5.74) is 9.66. The minimum absolute atomic E-state index is 0.167. The van der Waals surface area contributed by atoms with Crippen LogP contribution in [0.3, 0.4) is 0 Å². The molecule has 0 bridgehead atoms. The van der Waals surface area contributed by atoms with Gasteiger partial charge in [-0.15, -0.1) is 0 Å². The molecule has 0 amide bonds. The van der Waals surface area contributed by atoms with Crippen LogP contribution in [-0.2, 0) is 19.9 Å². The lowest BCUT2D eigenvalue weighted by Crippen LogP contribution is -2.24. The first-order valence-electron chi connectivity index (χ1n) is 6.29. The van der Waals surface area contributed by atoms with E-state index in [0.29, 0.717) is 0 Å². The van der Waals surface area contributed by atoms with Gasteiger partial charge in [-0.2, -0.15) is 5.10 Å². The Kier molecular flexibility index (Phi) is 4.10. The molecule has 4 heteroatoms. The highest BCUT2D eigenvalue weighted by molar-refractivity contribution is 5.11. The number of aryl methyl sites for hydroxylation is 3. The summed E-state index contributed by atoms with van der Waals surface area (Å²) in [6.07, 6.45) is 6.52. The van der Waals surface area contributed by atoms with E-state index in [4.69, 9.17) is 5.73 Å². The zero-order chi connectivity index (χ0) is 13.0. The molecule has 2 rings (SSSR count). The number of pyridine rings is 1. The van der Waals surface area contributed by atoms with Crippen molar-refractivity contribution in [2.45, 2.75) is 32.2 Å². The third-order valence-electron chi connectivity index (χ3n) is 3.10. The lowest BCUT2D eigenvalue weighted by molar-refractivity contribution is 0.577. The van der Waals surface area contributed by atoms with Crippen molar-refractivity contribution < 1.29 is 0 Å². The van der Waals surface area contributed by atoms with Crippen LogP contribution in [0.2, 0.25) is 0 Å². The normalized spacial score (nSPS) is 12.6. The van der Waals surface area contributed by atoms with Crippen molar-refractivity contribution in [3.63, 3.8) is 0 Å². The van der Waals surface area contributed by atoms with Crippen molar-refractivity contribution in [3.8, 4) is 0 Å². The number of hydrogen-bond donors (Lipinski definition) is 1. The first-order chi connectivity index (χ1) is 8.65. The quantitative estimate of drug-likeness (QED) is 0.869. The van der Waals surface area contributed by atoms with E-state index in [2.05, 4.69) is 22.2 Å². The Hall–Kier alpha value is -1.68. The average Bonchev–Trinajstić information content (AvgIpc) is 2.67. The van der Waals surface area contributed by atoms with E-state index in [9.17, 15) is 0 Å². The van der Waals surface area contributed by atoms with Crippen molar-refractivity contribution in [3.05, 3.63) is 47.5 Å². The van der Waals surface area contributed by atoms with Crippen molar-refractivity contribution in [2.24, 2.45) is 12.8 Å². The van der Waals surface area contributed by atoms with Crippen LogP contribution in [0.1, 0.15) is 23.4 Å². The fourth-order valence-electron chi connectivity index (χ4n) is 2.12. The molecular weight excluding hydrogens is 224 g/mol. The van der Waals surface area contributed by atoms with Crippen molar-refractivity contribution in [2.75, 3.05) is 0 Å². The maximum absolute atomic E-state index is 6.17. The molecule has 0 radical (unpaired) electrons. The van der Waals surface area contributed by atoms with Crippen LogP contribution >= 0.6 is 0 Å². The molecule has 2 N–H and O–H groups in total. The van der Waals surface area contributed by atoms with Gasteiger partial charge in [0.15, 0.2) is 0 Å². The largest absolute Gasteiger partial charge is 0.327 e. The Balaban J connectivity index is 1.86. The summed E-state index contributed by atoms with van der Waals surface area (Å²) in [5.74, 6) is 0. The fraction of sp³-hybridized carbons (Fsp3) is 0.429. The summed E-state index contributed by atoms with van der Waals surface area (Å²) in [5, 5.41) is 4.33. The Morgan fingerprint density at radius 1 is 1.44 bits per heavy atom. The zero-order valence-electron chi connectivity index (χ0n) is 11.0. The van der Waals surface area contributed by atoms with Gasteiger partial charge in [0, 0.05) is 37.6 Å². The highest BCUT2D eigenvalue weighted by atomic mass is 15.3. The van der Waals surface area contributed by atoms with Crippen LogP contribution in [0.25, 0.3) is 0 Å². The van der Waals surface area contributed by atoms with Gasteiger partial charge < -0.3 is 5.73 Å². The Labute approximate surface area is 108 Å². The molecule has 1 unspecified atom stereocenters. The molecular formula is C14H20N4. The number of nitrogens with zero attached hydrogens (tertiary/aromatic N) is 3. The third kappa shape index (κ3) is 3.40. The fourth-order valence-corrected chi connectivity index (χ4v) is 2.12. The van der Waals surface area contributed by atoms with E-state index >= 15 is 0 Å².